The molecule has 5 heteroatoms. The van der Waals surface area contributed by atoms with Gasteiger partial charge < -0.3 is 4.74 Å². The second-order valence-corrected chi connectivity index (χ2v) is 20.2. The van der Waals surface area contributed by atoms with Crippen molar-refractivity contribution in [3.63, 3.8) is 0 Å². The fraction of sp³-hybridized carbons (Fsp3) is 0.182. The normalized spacial score (nSPS) is 11.9. The van der Waals surface area contributed by atoms with Crippen LogP contribution >= 0.6 is 0 Å². The van der Waals surface area contributed by atoms with Gasteiger partial charge in [-0.15, -0.1) is 0 Å². The molecule has 71 heavy (non-hydrogen) atoms. The Labute approximate surface area is 418 Å². The summed E-state index contributed by atoms with van der Waals surface area (Å²) in [5, 5.41) is 2.30. The Hall–Kier alpha value is -8.02. The Morgan fingerprint density at radius 3 is 1.55 bits per heavy atom. The van der Waals surface area contributed by atoms with Gasteiger partial charge in [-0.25, -0.2) is 9.97 Å². The van der Waals surface area contributed by atoms with E-state index in [9.17, 15) is 0 Å². The van der Waals surface area contributed by atoms with Crippen LogP contribution in [-0.2, 0) is 0 Å². The molecule has 0 aliphatic heterocycles. The number of hydrogen-bond donors (Lipinski definition) is 0. The van der Waals surface area contributed by atoms with Crippen LogP contribution in [0.25, 0.3) is 89.1 Å². The van der Waals surface area contributed by atoms with E-state index in [-0.39, 0.29) is 11.8 Å². The van der Waals surface area contributed by atoms with Crippen molar-refractivity contribution in [3.05, 3.63) is 217 Å². The highest BCUT2D eigenvalue weighted by Crippen LogP contribution is 2.44. The largest absolute Gasteiger partial charge is 0.457 e. The SMILES string of the molecule is CC(C)c1cc(-c2ccccc2)cc(C(C)C)c1-c1ccnc(-n2c3ccccc3c3ccc(Oc4cccc(-c5nc6ccccc6n5-c5c(C(C)C)cc(-c6ccccc6)cc5C(C)C)c4)cc32)c1. The summed E-state index contributed by atoms with van der Waals surface area (Å²) in [5.74, 6) is 4.37. The molecule has 0 aliphatic carbocycles. The van der Waals surface area contributed by atoms with Crippen molar-refractivity contribution >= 4 is 32.8 Å². The Morgan fingerprint density at radius 2 is 0.915 bits per heavy atom. The van der Waals surface area contributed by atoms with E-state index < -0.39 is 0 Å². The number of ether oxygens (including phenoxy) is 1. The lowest BCUT2D eigenvalue weighted by molar-refractivity contribution is 0.483. The molecule has 3 heterocycles. The number of rotatable bonds is 12. The smallest absolute Gasteiger partial charge is 0.145 e. The Kier molecular flexibility index (Phi) is 12.0. The maximum Gasteiger partial charge on any atom is 0.145 e. The molecule has 11 rings (SSSR count). The standard InChI is InChI=1S/C66H60N4O/c1-41(2)55-35-49(45-20-11-9-12-21-45)36-56(42(3)4)64(55)47-32-33-67-63(39-47)69-60-28-17-15-26-53(60)54-31-30-52(40-62(54)69)71-51-25-19-24-48(34-51)66-68-59-27-16-18-29-61(59)70(66)65-57(43(5)6)37-50(38-58(65)44(7)8)46-22-13-10-14-23-46/h9-44H,1-8H3. The van der Waals surface area contributed by atoms with E-state index in [2.05, 4.69) is 247 Å². The molecule has 3 aromatic heterocycles. The van der Waals surface area contributed by atoms with Crippen LogP contribution in [0.4, 0.5) is 0 Å². The first-order valence-electron chi connectivity index (χ1n) is 25.2. The van der Waals surface area contributed by atoms with E-state index in [1.54, 1.807) is 0 Å². The molecule has 0 atom stereocenters. The van der Waals surface area contributed by atoms with Gasteiger partial charge in [0.2, 0.25) is 0 Å². The van der Waals surface area contributed by atoms with Gasteiger partial charge in [-0.3, -0.25) is 9.13 Å². The van der Waals surface area contributed by atoms with Crippen LogP contribution in [0, 0.1) is 0 Å². The van der Waals surface area contributed by atoms with E-state index in [1.807, 2.05) is 12.3 Å². The average Bonchev–Trinajstić information content (AvgIpc) is 3.94. The maximum atomic E-state index is 6.90. The quantitative estimate of drug-likeness (QED) is 0.123. The highest BCUT2D eigenvalue weighted by atomic mass is 16.5. The molecular weight excluding hydrogens is 865 g/mol. The van der Waals surface area contributed by atoms with E-state index in [4.69, 9.17) is 14.7 Å². The number of nitrogens with zero attached hydrogens (tertiary/aromatic N) is 4. The number of aromatic nitrogens is 4. The first kappa shape index (κ1) is 45.4. The molecule has 0 saturated carbocycles. The van der Waals surface area contributed by atoms with Crippen molar-refractivity contribution in [2.24, 2.45) is 0 Å². The van der Waals surface area contributed by atoms with Crippen LogP contribution in [0.3, 0.4) is 0 Å². The molecular formula is C66H60N4O. The molecule has 0 fully saturated rings. The zero-order valence-corrected chi connectivity index (χ0v) is 42.0. The molecule has 0 bridgehead atoms. The first-order valence-corrected chi connectivity index (χ1v) is 25.2. The third-order valence-electron chi connectivity index (χ3n) is 14.1. The number of imidazole rings is 1. The van der Waals surface area contributed by atoms with Gasteiger partial charge in [0.15, 0.2) is 0 Å². The predicted octanol–water partition coefficient (Wildman–Crippen LogP) is 18.5. The molecule has 0 saturated heterocycles. The van der Waals surface area contributed by atoms with E-state index in [0.29, 0.717) is 11.8 Å². The van der Waals surface area contributed by atoms with E-state index in [0.717, 1.165) is 61.7 Å². The van der Waals surface area contributed by atoms with Crippen LogP contribution < -0.4 is 4.74 Å². The zero-order valence-electron chi connectivity index (χ0n) is 42.0. The van der Waals surface area contributed by atoms with Gasteiger partial charge in [-0.1, -0.05) is 171 Å². The Balaban J connectivity index is 1.01. The fourth-order valence-corrected chi connectivity index (χ4v) is 10.6. The summed E-state index contributed by atoms with van der Waals surface area (Å²) >= 11 is 0. The highest BCUT2D eigenvalue weighted by molar-refractivity contribution is 6.09. The summed E-state index contributed by atoms with van der Waals surface area (Å²) < 4.78 is 11.6. The van der Waals surface area contributed by atoms with Gasteiger partial charge in [0.1, 0.15) is 23.1 Å². The van der Waals surface area contributed by atoms with Gasteiger partial charge in [-0.2, -0.15) is 0 Å². The number of fused-ring (bicyclic) bond motifs is 4. The topological polar surface area (TPSA) is 44.9 Å². The summed E-state index contributed by atoms with van der Waals surface area (Å²) in [7, 11) is 0. The van der Waals surface area contributed by atoms with Gasteiger partial charge in [0, 0.05) is 28.6 Å². The molecule has 5 nitrogen and oxygen atoms in total. The minimum atomic E-state index is 0.263. The molecule has 11 aromatic rings. The molecule has 0 N–H and O–H groups in total. The summed E-state index contributed by atoms with van der Waals surface area (Å²) in [6.45, 7) is 18.4. The van der Waals surface area contributed by atoms with Crippen LogP contribution in [0.15, 0.2) is 194 Å². The maximum absolute atomic E-state index is 6.90. The van der Waals surface area contributed by atoms with Crippen molar-refractivity contribution < 1.29 is 4.74 Å². The van der Waals surface area contributed by atoms with E-state index >= 15 is 0 Å². The minimum absolute atomic E-state index is 0.263. The second kappa shape index (κ2) is 18.7. The summed E-state index contributed by atoms with van der Waals surface area (Å²) in [4.78, 5) is 10.5. The van der Waals surface area contributed by atoms with Crippen molar-refractivity contribution in [1.82, 2.24) is 19.1 Å². The lowest BCUT2D eigenvalue weighted by atomic mass is 9.82. The van der Waals surface area contributed by atoms with Gasteiger partial charge in [-0.05, 0) is 146 Å². The average molecular weight is 925 g/mol. The van der Waals surface area contributed by atoms with Crippen LogP contribution in [0.5, 0.6) is 11.5 Å². The molecule has 350 valence electrons. The van der Waals surface area contributed by atoms with E-state index in [1.165, 1.54) is 61.1 Å². The monoisotopic (exact) mass is 924 g/mol. The molecule has 8 aromatic carbocycles. The first-order chi connectivity index (χ1) is 34.5. The van der Waals surface area contributed by atoms with Crippen LogP contribution in [0.2, 0.25) is 0 Å². The predicted molar refractivity (Wildman–Crippen MR) is 298 cm³/mol. The van der Waals surface area contributed by atoms with Crippen molar-refractivity contribution in [1.29, 1.82) is 0 Å². The summed E-state index contributed by atoms with van der Waals surface area (Å²) in [6.07, 6.45) is 1.97. The number of hydrogen-bond acceptors (Lipinski definition) is 3. The third-order valence-corrected chi connectivity index (χ3v) is 14.1. The molecule has 0 unspecified atom stereocenters. The fourth-order valence-electron chi connectivity index (χ4n) is 10.6. The van der Waals surface area contributed by atoms with Crippen LogP contribution in [0.1, 0.15) is 101 Å². The molecule has 0 radical (unpaired) electrons. The highest BCUT2D eigenvalue weighted by Gasteiger charge is 2.25. The number of para-hydroxylation sites is 3. The lowest BCUT2D eigenvalue weighted by Crippen LogP contribution is -2.09. The van der Waals surface area contributed by atoms with Gasteiger partial charge in [0.25, 0.3) is 0 Å². The zero-order chi connectivity index (χ0) is 48.9. The molecule has 0 spiro atoms. The molecule has 0 amide bonds. The summed E-state index contributed by atoms with van der Waals surface area (Å²) in [6, 6.07) is 67.4. The lowest BCUT2D eigenvalue weighted by Gasteiger charge is -2.24. The Morgan fingerprint density at radius 1 is 0.380 bits per heavy atom. The molecule has 0 aliphatic rings. The van der Waals surface area contributed by atoms with Gasteiger partial charge >= 0.3 is 0 Å². The third kappa shape index (κ3) is 8.39. The van der Waals surface area contributed by atoms with Gasteiger partial charge in [0.05, 0.1) is 27.8 Å². The van der Waals surface area contributed by atoms with Crippen molar-refractivity contribution in [3.8, 4) is 67.8 Å². The number of benzene rings is 8. The van der Waals surface area contributed by atoms with Crippen LogP contribution in [-0.4, -0.2) is 19.1 Å². The summed E-state index contributed by atoms with van der Waals surface area (Å²) in [5.41, 5.74) is 19.0. The number of pyridine rings is 1. The minimum Gasteiger partial charge on any atom is -0.457 e. The van der Waals surface area contributed by atoms with Crippen molar-refractivity contribution in [2.75, 3.05) is 0 Å². The van der Waals surface area contributed by atoms with Crippen molar-refractivity contribution in [2.45, 2.75) is 79.1 Å². The Bertz CT molecular complexity index is 3680. The second-order valence-electron chi connectivity index (χ2n) is 20.2.